The Morgan fingerprint density at radius 3 is 2.89 bits per heavy atom. The molecule has 2 aromatic rings. The largest absolute Gasteiger partial charge is 0.347 e. The molecule has 0 N–H and O–H groups in total. The van der Waals surface area contributed by atoms with E-state index in [-0.39, 0.29) is 5.69 Å². The van der Waals surface area contributed by atoms with Gasteiger partial charge in [-0.15, -0.1) is 5.10 Å². The molecule has 0 aliphatic carbocycles. The average molecular weight is 432 g/mol. The lowest BCUT2D eigenvalue weighted by molar-refractivity contribution is 0.649. The highest BCUT2D eigenvalue weighted by atomic mass is 127. The monoisotopic (exact) mass is 431 g/mol. The third-order valence-corrected chi connectivity index (χ3v) is 3.49. The summed E-state index contributed by atoms with van der Waals surface area (Å²) in [6, 6.07) is 7.75. The summed E-state index contributed by atoms with van der Waals surface area (Å²) >= 11 is 5.38. The van der Waals surface area contributed by atoms with Crippen molar-refractivity contribution in [1.29, 1.82) is 0 Å². The molecule has 19 heavy (non-hydrogen) atoms. The summed E-state index contributed by atoms with van der Waals surface area (Å²) in [5, 5.41) is 4.37. The Morgan fingerprint density at radius 2 is 2.26 bits per heavy atom. The first kappa shape index (κ1) is 14.3. The molecule has 1 aromatic heterocycles. The first-order valence-corrected chi connectivity index (χ1v) is 7.56. The second-order valence-corrected chi connectivity index (χ2v) is 5.24. The first-order valence-electron chi connectivity index (χ1n) is 5.69. The van der Waals surface area contributed by atoms with Gasteiger partial charge in [0, 0.05) is 39.2 Å². The van der Waals surface area contributed by atoms with Gasteiger partial charge in [-0.1, -0.05) is 34.0 Å². The van der Waals surface area contributed by atoms with Gasteiger partial charge in [-0.05, 0) is 23.0 Å². The molecule has 0 radical (unpaired) electrons. The highest BCUT2D eigenvalue weighted by Crippen LogP contribution is 2.20. The van der Waals surface area contributed by atoms with Crippen molar-refractivity contribution in [3.63, 3.8) is 0 Å². The van der Waals surface area contributed by atoms with Gasteiger partial charge in [-0.2, -0.15) is 0 Å². The van der Waals surface area contributed by atoms with E-state index in [4.69, 9.17) is 0 Å². The predicted molar refractivity (Wildman–Crippen MR) is 87.1 cm³/mol. The standard InChI is InChI=1S/C13H11BrIN3O/c1-2-17-12(10-5-3-6-11(14)9-10)16-18(13(17)19)8-4-7-15/h3,5-6,9H,2,8H2,1H3. The van der Waals surface area contributed by atoms with Gasteiger partial charge in [0.25, 0.3) is 0 Å². The number of hydrogen-bond donors (Lipinski definition) is 0. The second kappa shape index (κ2) is 6.39. The quantitative estimate of drug-likeness (QED) is 0.553. The van der Waals surface area contributed by atoms with E-state index in [0.717, 1.165) is 10.0 Å². The Hall–Kier alpha value is -1.07. The smallest absolute Gasteiger partial charge is 0.275 e. The van der Waals surface area contributed by atoms with Crippen LogP contribution in [0.1, 0.15) is 6.92 Å². The summed E-state index contributed by atoms with van der Waals surface area (Å²) in [6.07, 6.45) is 0. The number of hydrogen-bond acceptors (Lipinski definition) is 2. The third-order valence-electron chi connectivity index (χ3n) is 2.62. The third kappa shape index (κ3) is 3.09. The summed E-state index contributed by atoms with van der Waals surface area (Å²) in [6.45, 7) is 2.83. The van der Waals surface area contributed by atoms with Gasteiger partial charge in [0.05, 0.1) is 0 Å². The average Bonchev–Trinajstić information content (AvgIpc) is 2.73. The molecule has 2 rings (SSSR count). The van der Waals surface area contributed by atoms with Crippen LogP contribution in [0.3, 0.4) is 0 Å². The van der Waals surface area contributed by atoms with E-state index in [1.807, 2.05) is 53.8 Å². The predicted octanol–water partition coefficient (Wildman–Crippen LogP) is 2.89. The molecule has 0 aliphatic heterocycles. The SMILES string of the molecule is CCn1c(-c2cccc(Br)c2)nn(CC#CI)c1=O. The fraction of sp³-hybridized carbons (Fsp3) is 0.231. The molecular formula is C13H11BrIN3O. The molecule has 0 amide bonds. The molecule has 0 fully saturated rings. The number of benzene rings is 1. The molecule has 0 spiro atoms. The fourth-order valence-electron chi connectivity index (χ4n) is 1.77. The van der Waals surface area contributed by atoms with Gasteiger partial charge in [-0.25, -0.2) is 9.48 Å². The summed E-state index contributed by atoms with van der Waals surface area (Å²) in [7, 11) is 0. The minimum absolute atomic E-state index is 0.128. The molecule has 0 aliphatic rings. The molecule has 0 saturated heterocycles. The maximum Gasteiger partial charge on any atom is 0.347 e. The Balaban J connectivity index is 2.56. The van der Waals surface area contributed by atoms with Crippen LogP contribution in [0.5, 0.6) is 0 Å². The van der Waals surface area contributed by atoms with Crippen LogP contribution in [0.4, 0.5) is 0 Å². The molecule has 0 saturated carbocycles. The van der Waals surface area contributed by atoms with Crippen LogP contribution in [0.15, 0.2) is 33.5 Å². The van der Waals surface area contributed by atoms with Crippen LogP contribution in [0.2, 0.25) is 0 Å². The van der Waals surface area contributed by atoms with E-state index in [1.54, 1.807) is 4.57 Å². The van der Waals surface area contributed by atoms with Crippen LogP contribution in [-0.2, 0) is 13.1 Å². The zero-order valence-electron chi connectivity index (χ0n) is 10.2. The highest BCUT2D eigenvalue weighted by molar-refractivity contribution is 14.1. The lowest BCUT2D eigenvalue weighted by Crippen LogP contribution is -2.24. The topological polar surface area (TPSA) is 39.8 Å². The van der Waals surface area contributed by atoms with Crippen molar-refractivity contribution < 1.29 is 0 Å². The molecule has 4 nitrogen and oxygen atoms in total. The van der Waals surface area contributed by atoms with E-state index < -0.39 is 0 Å². The molecule has 0 bridgehead atoms. The number of nitrogens with zero attached hydrogens (tertiary/aromatic N) is 3. The van der Waals surface area contributed by atoms with Crippen molar-refractivity contribution in [2.24, 2.45) is 0 Å². The zero-order chi connectivity index (χ0) is 13.8. The molecule has 98 valence electrons. The van der Waals surface area contributed by atoms with Gasteiger partial charge >= 0.3 is 5.69 Å². The van der Waals surface area contributed by atoms with E-state index in [9.17, 15) is 4.79 Å². The fourth-order valence-corrected chi connectivity index (χ4v) is 2.34. The zero-order valence-corrected chi connectivity index (χ0v) is 14.0. The summed E-state index contributed by atoms with van der Waals surface area (Å²) in [4.78, 5) is 12.2. The molecule has 6 heteroatoms. The van der Waals surface area contributed by atoms with Crippen LogP contribution in [0, 0.1) is 9.85 Å². The second-order valence-electron chi connectivity index (χ2n) is 3.79. The minimum Gasteiger partial charge on any atom is -0.275 e. The Kier molecular flexibility index (Phi) is 4.82. The van der Waals surface area contributed by atoms with E-state index >= 15 is 0 Å². The Morgan fingerprint density at radius 1 is 1.47 bits per heavy atom. The van der Waals surface area contributed by atoms with Crippen molar-refractivity contribution in [1.82, 2.24) is 14.3 Å². The van der Waals surface area contributed by atoms with E-state index in [0.29, 0.717) is 18.9 Å². The lowest BCUT2D eigenvalue weighted by Gasteiger charge is -2.02. The first-order chi connectivity index (χ1) is 9.17. The van der Waals surface area contributed by atoms with E-state index in [1.165, 1.54) is 4.68 Å². The van der Waals surface area contributed by atoms with Crippen molar-refractivity contribution >= 4 is 38.5 Å². The van der Waals surface area contributed by atoms with Gasteiger partial charge in [0.1, 0.15) is 6.54 Å². The number of rotatable bonds is 3. The van der Waals surface area contributed by atoms with Gasteiger partial charge in [-0.3, -0.25) is 4.57 Å². The van der Waals surface area contributed by atoms with Crippen molar-refractivity contribution in [3.05, 3.63) is 39.2 Å². The van der Waals surface area contributed by atoms with Crippen LogP contribution >= 0.6 is 38.5 Å². The van der Waals surface area contributed by atoms with Crippen molar-refractivity contribution in [3.8, 4) is 21.2 Å². The van der Waals surface area contributed by atoms with Crippen LogP contribution in [-0.4, -0.2) is 14.3 Å². The molecule has 1 aromatic carbocycles. The van der Waals surface area contributed by atoms with Gasteiger partial charge in [0.2, 0.25) is 0 Å². The van der Waals surface area contributed by atoms with E-state index in [2.05, 4.69) is 30.9 Å². The van der Waals surface area contributed by atoms with Gasteiger partial charge < -0.3 is 0 Å². The van der Waals surface area contributed by atoms with Gasteiger partial charge in [0.15, 0.2) is 5.82 Å². The normalized spacial score (nSPS) is 10.1. The molecular weight excluding hydrogens is 421 g/mol. The summed E-state index contributed by atoms with van der Waals surface area (Å²) in [5.74, 6) is 3.52. The number of halogens is 2. The maximum absolute atomic E-state index is 12.2. The lowest BCUT2D eigenvalue weighted by atomic mass is 10.2. The maximum atomic E-state index is 12.2. The minimum atomic E-state index is -0.128. The highest BCUT2D eigenvalue weighted by Gasteiger charge is 2.13. The Bertz CT molecular complexity index is 709. The molecule has 1 heterocycles. The molecule has 0 unspecified atom stereocenters. The summed E-state index contributed by atoms with van der Waals surface area (Å²) in [5.41, 5.74) is 0.783. The van der Waals surface area contributed by atoms with Crippen molar-refractivity contribution in [2.45, 2.75) is 20.0 Å². The van der Waals surface area contributed by atoms with Crippen LogP contribution in [0.25, 0.3) is 11.4 Å². The Labute approximate surface area is 133 Å². The molecule has 0 atom stereocenters. The summed E-state index contributed by atoms with van der Waals surface area (Å²) < 4.78 is 6.75. The number of aromatic nitrogens is 3. The van der Waals surface area contributed by atoms with Crippen LogP contribution < -0.4 is 5.69 Å². The van der Waals surface area contributed by atoms with Crippen molar-refractivity contribution in [2.75, 3.05) is 0 Å².